The van der Waals surface area contributed by atoms with Crippen molar-refractivity contribution in [2.75, 3.05) is 0 Å². The van der Waals surface area contributed by atoms with Gasteiger partial charge in [-0.2, -0.15) is 5.10 Å². The minimum absolute atomic E-state index is 0.149. The second-order valence-corrected chi connectivity index (χ2v) is 10.4. The van der Waals surface area contributed by atoms with Crippen LogP contribution in [0.5, 0.6) is 0 Å². The van der Waals surface area contributed by atoms with Gasteiger partial charge in [-0.25, -0.2) is 9.78 Å². The lowest BCUT2D eigenvalue weighted by molar-refractivity contribution is 0.0697. The predicted octanol–water partition coefficient (Wildman–Crippen LogP) is 6.13. The van der Waals surface area contributed by atoms with Crippen molar-refractivity contribution >= 4 is 18.1 Å². The Labute approximate surface area is 196 Å². The van der Waals surface area contributed by atoms with Crippen molar-refractivity contribution in [3.63, 3.8) is 0 Å². The molecule has 0 unspecified atom stereocenters. The molecule has 0 saturated carbocycles. The number of benzene rings is 2. The maximum Gasteiger partial charge on any atom is 0.335 e. The molecule has 1 aliphatic carbocycles. The number of carboxylic acid groups (broad SMARTS) is 1. The number of fused-ring (bicyclic) bond motifs is 1. The first-order valence-electron chi connectivity index (χ1n) is 11.7. The van der Waals surface area contributed by atoms with E-state index in [-0.39, 0.29) is 10.8 Å². The molecule has 1 aromatic heterocycles. The Balaban J connectivity index is 1.68. The highest BCUT2D eigenvalue weighted by molar-refractivity contribution is 5.88. The Morgan fingerprint density at radius 1 is 1.03 bits per heavy atom. The first-order chi connectivity index (χ1) is 15.7. The van der Waals surface area contributed by atoms with Crippen LogP contribution in [0, 0.1) is 0 Å². The Hall–Kier alpha value is -3.21. The molecule has 5 nitrogen and oxygen atoms in total. The number of aryl methyl sites for hydroxylation is 2. The molecule has 0 aliphatic heterocycles. The SMILES string of the molecule is CC1(C)CCC(C)(C)c2cc(CCCn3cncn3)c(C=Cc3ccc(C(=O)O)cc3)cc21. The molecule has 1 aliphatic rings. The highest BCUT2D eigenvalue weighted by atomic mass is 16.4. The molecule has 0 amide bonds. The zero-order chi connectivity index (χ0) is 23.6. The van der Waals surface area contributed by atoms with Gasteiger partial charge in [-0.1, -0.05) is 64.1 Å². The molecule has 4 rings (SSSR count). The zero-order valence-corrected chi connectivity index (χ0v) is 20.0. The van der Waals surface area contributed by atoms with E-state index in [1.807, 2.05) is 16.8 Å². The molecule has 0 bridgehead atoms. The lowest BCUT2D eigenvalue weighted by atomic mass is 9.62. The molecular weight excluding hydrogens is 410 g/mol. The number of rotatable bonds is 7. The van der Waals surface area contributed by atoms with Crippen LogP contribution in [0.2, 0.25) is 0 Å². The fraction of sp³-hybridized carbons (Fsp3) is 0.393. The highest BCUT2D eigenvalue weighted by Gasteiger charge is 2.37. The maximum atomic E-state index is 11.1. The van der Waals surface area contributed by atoms with Crippen LogP contribution in [-0.2, 0) is 23.8 Å². The number of carboxylic acids is 1. The van der Waals surface area contributed by atoms with Gasteiger partial charge in [-0.15, -0.1) is 0 Å². The van der Waals surface area contributed by atoms with Gasteiger partial charge in [0.2, 0.25) is 0 Å². The minimum Gasteiger partial charge on any atom is -0.478 e. The van der Waals surface area contributed by atoms with Crippen LogP contribution >= 0.6 is 0 Å². The molecule has 2 aromatic carbocycles. The van der Waals surface area contributed by atoms with Gasteiger partial charge in [0.15, 0.2) is 0 Å². The lowest BCUT2D eigenvalue weighted by Gasteiger charge is -2.42. The van der Waals surface area contributed by atoms with Gasteiger partial charge in [-0.05, 0) is 76.5 Å². The van der Waals surface area contributed by atoms with Gasteiger partial charge in [0.05, 0.1) is 5.56 Å². The van der Waals surface area contributed by atoms with Crippen molar-refractivity contribution in [2.45, 2.75) is 70.8 Å². The monoisotopic (exact) mass is 443 g/mol. The second kappa shape index (κ2) is 8.97. The topological polar surface area (TPSA) is 68.0 Å². The fourth-order valence-corrected chi connectivity index (χ4v) is 4.75. The van der Waals surface area contributed by atoms with E-state index in [1.54, 1.807) is 24.8 Å². The number of hydrogen-bond donors (Lipinski definition) is 1. The van der Waals surface area contributed by atoms with Crippen molar-refractivity contribution in [2.24, 2.45) is 0 Å². The Kier molecular flexibility index (Phi) is 6.24. The average molecular weight is 444 g/mol. The maximum absolute atomic E-state index is 11.1. The van der Waals surface area contributed by atoms with E-state index in [1.165, 1.54) is 35.1 Å². The van der Waals surface area contributed by atoms with Gasteiger partial charge in [0.1, 0.15) is 12.7 Å². The van der Waals surface area contributed by atoms with Crippen LogP contribution < -0.4 is 0 Å². The highest BCUT2D eigenvalue weighted by Crippen LogP contribution is 2.46. The number of carbonyl (C=O) groups is 1. The van der Waals surface area contributed by atoms with Crippen molar-refractivity contribution in [1.82, 2.24) is 14.8 Å². The number of aromatic nitrogens is 3. The van der Waals surface area contributed by atoms with Crippen LogP contribution in [0.15, 0.2) is 49.1 Å². The molecule has 1 heterocycles. The Morgan fingerprint density at radius 3 is 2.30 bits per heavy atom. The number of nitrogens with zero attached hydrogens (tertiary/aromatic N) is 3. The smallest absolute Gasteiger partial charge is 0.335 e. The molecule has 1 N–H and O–H groups in total. The molecule has 0 saturated heterocycles. The summed E-state index contributed by atoms with van der Waals surface area (Å²) in [4.78, 5) is 15.2. The van der Waals surface area contributed by atoms with Crippen LogP contribution in [-0.4, -0.2) is 25.8 Å². The number of aromatic carboxylic acids is 1. The summed E-state index contributed by atoms with van der Waals surface area (Å²) in [7, 11) is 0. The van der Waals surface area contributed by atoms with Crippen molar-refractivity contribution in [3.8, 4) is 0 Å². The Morgan fingerprint density at radius 2 is 1.70 bits per heavy atom. The van der Waals surface area contributed by atoms with Gasteiger partial charge in [0.25, 0.3) is 0 Å². The van der Waals surface area contributed by atoms with Crippen LogP contribution in [0.3, 0.4) is 0 Å². The fourth-order valence-electron chi connectivity index (χ4n) is 4.75. The van der Waals surface area contributed by atoms with Gasteiger partial charge >= 0.3 is 5.97 Å². The zero-order valence-electron chi connectivity index (χ0n) is 20.0. The van der Waals surface area contributed by atoms with Crippen LogP contribution in [0.1, 0.15) is 85.1 Å². The molecule has 0 fully saturated rings. The summed E-state index contributed by atoms with van der Waals surface area (Å²) in [5.41, 5.74) is 7.11. The van der Waals surface area contributed by atoms with Gasteiger partial charge in [0, 0.05) is 6.54 Å². The summed E-state index contributed by atoms with van der Waals surface area (Å²) in [6.45, 7) is 10.3. The van der Waals surface area contributed by atoms with Crippen LogP contribution in [0.4, 0.5) is 0 Å². The second-order valence-electron chi connectivity index (χ2n) is 10.4. The van der Waals surface area contributed by atoms with E-state index in [9.17, 15) is 4.79 Å². The normalized spacial score (nSPS) is 16.6. The summed E-state index contributed by atoms with van der Waals surface area (Å²) in [6, 6.07) is 11.8. The average Bonchev–Trinajstić information content (AvgIpc) is 3.29. The van der Waals surface area contributed by atoms with Crippen molar-refractivity contribution in [1.29, 1.82) is 0 Å². The van der Waals surface area contributed by atoms with Crippen molar-refractivity contribution in [3.05, 3.63) is 82.4 Å². The lowest BCUT2D eigenvalue weighted by Crippen LogP contribution is -2.34. The van der Waals surface area contributed by atoms with Gasteiger partial charge < -0.3 is 5.11 Å². The van der Waals surface area contributed by atoms with E-state index < -0.39 is 5.97 Å². The molecule has 5 heteroatoms. The quantitative estimate of drug-likeness (QED) is 0.446. The van der Waals surface area contributed by atoms with E-state index in [0.717, 1.165) is 24.9 Å². The summed E-state index contributed by atoms with van der Waals surface area (Å²) < 4.78 is 1.88. The summed E-state index contributed by atoms with van der Waals surface area (Å²) in [5, 5.41) is 13.4. The van der Waals surface area contributed by atoms with E-state index >= 15 is 0 Å². The Bertz CT molecular complexity index is 1160. The first-order valence-corrected chi connectivity index (χ1v) is 11.7. The summed E-state index contributed by atoms with van der Waals surface area (Å²) in [5.74, 6) is -0.903. The molecule has 33 heavy (non-hydrogen) atoms. The summed E-state index contributed by atoms with van der Waals surface area (Å²) >= 11 is 0. The van der Waals surface area contributed by atoms with Crippen LogP contribution in [0.25, 0.3) is 12.2 Å². The van der Waals surface area contributed by atoms with Gasteiger partial charge in [-0.3, -0.25) is 4.68 Å². The minimum atomic E-state index is -0.903. The number of hydrogen-bond acceptors (Lipinski definition) is 3. The standard InChI is InChI=1S/C28H33N3O2/c1-27(2)13-14-28(3,4)25-17-23(12-9-20-7-10-21(11-8-20)26(32)33)22(16-24(25)27)6-5-15-31-19-29-18-30-31/h7-12,16-19H,5-6,13-15H2,1-4H3,(H,32,33). The third-order valence-electron chi connectivity index (χ3n) is 7.03. The van der Waals surface area contributed by atoms with E-state index in [4.69, 9.17) is 5.11 Å². The van der Waals surface area contributed by atoms with E-state index in [2.05, 4.69) is 62.1 Å². The van der Waals surface area contributed by atoms with E-state index in [0.29, 0.717) is 5.56 Å². The predicted molar refractivity (Wildman–Crippen MR) is 132 cm³/mol. The first kappa shape index (κ1) is 23.0. The third kappa shape index (κ3) is 5.08. The third-order valence-corrected chi connectivity index (χ3v) is 7.03. The molecule has 3 aromatic rings. The molecule has 0 radical (unpaired) electrons. The molecule has 0 atom stereocenters. The molecule has 172 valence electrons. The van der Waals surface area contributed by atoms with Crippen molar-refractivity contribution < 1.29 is 9.90 Å². The largest absolute Gasteiger partial charge is 0.478 e. The molecular formula is C28H33N3O2. The molecule has 0 spiro atoms. The summed E-state index contributed by atoms with van der Waals surface area (Å²) in [6.07, 6.45) is 11.9.